The van der Waals surface area contributed by atoms with Crippen LogP contribution >= 0.6 is 0 Å². The molecular formula is C19H23NO4. The zero-order valence-electron chi connectivity index (χ0n) is 13.9. The third-order valence-corrected chi connectivity index (χ3v) is 4.77. The number of fused-ring (bicyclic) bond motifs is 1. The number of benzene rings is 1. The zero-order chi connectivity index (χ0) is 17.1. The number of ether oxygens (including phenoxy) is 1. The van der Waals surface area contributed by atoms with Crippen molar-refractivity contribution in [3.05, 3.63) is 42.0 Å². The van der Waals surface area contributed by atoms with Gasteiger partial charge in [0.05, 0.1) is 18.4 Å². The predicted octanol–water partition coefficient (Wildman–Crippen LogP) is 1.94. The summed E-state index contributed by atoms with van der Waals surface area (Å²) in [7, 11) is 0. The van der Waals surface area contributed by atoms with Crippen molar-refractivity contribution >= 4 is 11.8 Å². The van der Waals surface area contributed by atoms with Crippen LogP contribution in [0.25, 0.3) is 0 Å². The molecule has 1 fully saturated rings. The lowest BCUT2D eigenvalue weighted by Gasteiger charge is -2.19. The van der Waals surface area contributed by atoms with Crippen LogP contribution in [0.2, 0.25) is 0 Å². The minimum atomic E-state index is -0.892. The molecule has 3 rings (SSSR count). The second-order valence-corrected chi connectivity index (χ2v) is 6.41. The van der Waals surface area contributed by atoms with E-state index in [2.05, 4.69) is 6.92 Å². The van der Waals surface area contributed by atoms with Gasteiger partial charge in [0.15, 0.2) is 0 Å². The van der Waals surface area contributed by atoms with E-state index in [1.165, 1.54) is 10.5 Å². The normalized spacial score (nSPS) is 24.2. The van der Waals surface area contributed by atoms with Gasteiger partial charge < -0.3 is 9.84 Å². The largest absolute Gasteiger partial charge is 0.491 e. The number of allylic oxidation sites excluding steroid dienone is 2. The Balaban J connectivity index is 1.53. The quantitative estimate of drug-likeness (QED) is 0.640. The molecular weight excluding hydrogens is 306 g/mol. The molecule has 1 heterocycles. The smallest absolute Gasteiger partial charge is 0.233 e. The molecule has 2 aliphatic rings. The first-order chi connectivity index (χ1) is 11.6. The lowest BCUT2D eigenvalue weighted by atomic mass is 9.85. The highest BCUT2D eigenvalue weighted by atomic mass is 16.5. The van der Waals surface area contributed by atoms with Gasteiger partial charge in [-0.05, 0) is 37.0 Å². The van der Waals surface area contributed by atoms with Crippen LogP contribution in [0, 0.1) is 11.8 Å². The van der Waals surface area contributed by atoms with Crippen molar-refractivity contribution in [3.8, 4) is 5.75 Å². The van der Waals surface area contributed by atoms with Crippen LogP contribution in [-0.4, -0.2) is 41.1 Å². The van der Waals surface area contributed by atoms with Gasteiger partial charge >= 0.3 is 0 Å². The molecule has 1 aliphatic carbocycles. The van der Waals surface area contributed by atoms with E-state index in [0.717, 1.165) is 6.42 Å². The Kier molecular flexibility index (Phi) is 5.00. The van der Waals surface area contributed by atoms with Gasteiger partial charge in [0.25, 0.3) is 0 Å². The summed E-state index contributed by atoms with van der Waals surface area (Å²) in [6.07, 6.45) is 5.20. The molecule has 0 bridgehead atoms. The summed E-state index contributed by atoms with van der Waals surface area (Å²) in [6, 6.07) is 7.68. The van der Waals surface area contributed by atoms with Gasteiger partial charge in [-0.15, -0.1) is 0 Å². The molecule has 0 spiro atoms. The summed E-state index contributed by atoms with van der Waals surface area (Å²) < 4.78 is 5.56. The molecule has 1 aromatic rings. The molecule has 0 aromatic heterocycles. The van der Waals surface area contributed by atoms with Gasteiger partial charge in [0, 0.05) is 0 Å². The topological polar surface area (TPSA) is 66.8 Å². The minimum absolute atomic E-state index is 0.00227. The van der Waals surface area contributed by atoms with Gasteiger partial charge in [0.1, 0.15) is 18.5 Å². The van der Waals surface area contributed by atoms with E-state index in [1.807, 2.05) is 36.4 Å². The molecule has 0 radical (unpaired) electrons. The summed E-state index contributed by atoms with van der Waals surface area (Å²) >= 11 is 0. The number of aliphatic hydroxyl groups excluding tert-OH is 1. The Morgan fingerprint density at radius 1 is 1.12 bits per heavy atom. The maximum Gasteiger partial charge on any atom is 0.233 e. The maximum atomic E-state index is 12.3. The van der Waals surface area contributed by atoms with Crippen LogP contribution < -0.4 is 4.74 Å². The number of hydrogen-bond donors (Lipinski definition) is 1. The molecule has 5 nitrogen and oxygen atoms in total. The molecule has 3 unspecified atom stereocenters. The van der Waals surface area contributed by atoms with E-state index in [-0.39, 0.29) is 36.8 Å². The number of aliphatic hydroxyl groups is 1. The molecule has 1 aromatic carbocycles. The Morgan fingerprint density at radius 2 is 1.71 bits per heavy atom. The summed E-state index contributed by atoms with van der Waals surface area (Å²) in [4.78, 5) is 25.9. The van der Waals surface area contributed by atoms with Crippen LogP contribution in [0.1, 0.15) is 25.3 Å². The number of imide groups is 1. The monoisotopic (exact) mass is 329 g/mol. The number of nitrogens with zero attached hydrogens (tertiary/aromatic N) is 1. The predicted molar refractivity (Wildman–Crippen MR) is 89.4 cm³/mol. The fourth-order valence-electron chi connectivity index (χ4n) is 3.33. The van der Waals surface area contributed by atoms with Crippen LogP contribution in [0.5, 0.6) is 5.75 Å². The van der Waals surface area contributed by atoms with Crippen LogP contribution in [0.3, 0.4) is 0 Å². The maximum absolute atomic E-state index is 12.3. The Hall–Kier alpha value is -2.14. The van der Waals surface area contributed by atoms with Gasteiger partial charge in [0.2, 0.25) is 11.8 Å². The van der Waals surface area contributed by atoms with Gasteiger partial charge in [-0.25, -0.2) is 0 Å². The Labute approximate surface area is 141 Å². The fourth-order valence-corrected chi connectivity index (χ4v) is 3.33. The lowest BCUT2D eigenvalue weighted by Crippen LogP contribution is -2.40. The van der Waals surface area contributed by atoms with Crippen molar-refractivity contribution in [1.82, 2.24) is 4.90 Å². The summed E-state index contributed by atoms with van der Waals surface area (Å²) in [5.74, 6) is -0.168. The number of hydrogen-bond acceptors (Lipinski definition) is 4. The number of carbonyl (C=O) groups excluding carboxylic acids is 2. The van der Waals surface area contributed by atoms with Crippen molar-refractivity contribution in [2.45, 2.75) is 32.3 Å². The summed E-state index contributed by atoms with van der Waals surface area (Å²) in [5.41, 5.74) is 1.22. The van der Waals surface area contributed by atoms with E-state index in [0.29, 0.717) is 18.6 Å². The molecule has 5 heteroatoms. The third kappa shape index (κ3) is 3.36. The number of rotatable bonds is 6. The van der Waals surface area contributed by atoms with Crippen molar-refractivity contribution in [2.24, 2.45) is 11.8 Å². The highest BCUT2D eigenvalue weighted by molar-refractivity contribution is 6.05. The molecule has 1 saturated heterocycles. The first-order valence-corrected chi connectivity index (χ1v) is 8.50. The van der Waals surface area contributed by atoms with E-state index in [1.54, 1.807) is 0 Å². The Morgan fingerprint density at radius 3 is 2.25 bits per heavy atom. The average Bonchev–Trinajstić information content (AvgIpc) is 2.86. The van der Waals surface area contributed by atoms with Crippen molar-refractivity contribution in [1.29, 1.82) is 0 Å². The number of likely N-dealkylation sites (tertiary alicyclic amines) is 1. The molecule has 2 amide bonds. The minimum Gasteiger partial charge on any atom is -0.491 e. The van der Waals surface area contributed by atoms with Crippen molar-refractivity contribution < 1.29 is 19.4 Å². The molecule has 0 saturated carbocycles. The van der Waals surface area contributed by atoms with Gasteiger partial charge in [-0.2, -0.15) is 0 Å². The molecule has 24 heavy (non-hydrogen) atoms. The number of carbonyl (C=O) groups is 2. The van der Waals surface area contributed by atoms with Crippen LogP contribution in [0.15, 0.2) is 36.4 Å². The zero-order valence-corrected chi connectivity index (χ0v) is 13.9. The van der Waals surface area contributed by atoms with E-state index >= 15 is 0 Å². The van der Waals surface area contributed by atoms with Gasteiger partial charge in [-0.1, -0.05) is 31.2 Å². The third-order valence-electron chi connectivity index (χ3n) is 4.77. The Bertz CT molecular complexity index is 611. The first kappa shape index (κ1) is 16.7. The van der Waals surface area contributed by atoms with E-state index < -0.39 is 6.10 Å². The highest BCUT2D eigenvalue weighted by Crippen LogP contribution is 2.35. The van der Waals surface area contributed by atoms with Crippen LogP contribution in [-0.2, 0) is 16.0 Å². The van der Waals surface area contributed by atoms with E-state index in [4.69, 9.17) is 4.74 Å². The summed E-state index contributed by atoms with van der Waals surface area (Å²) in [6.45, 7) is 2.13. The van der Waals surface area contributed by atoms with Crippen LogP contribution in [0.4, 0.5) is 0 Å². The second-order valence-electron chi connectivity index (χ2n) is 6.41. The van der Waals surface area contributed by atoms with E-state index in [9.17, 15) is 14.7 Å². The number of amides is 2. The van der Waals surface area contributed by atoms with Gasteiger partial charge in [-0.3, -0.25) is 14.5 Å². The summed E-state index contributed by atoms with van der Waals surface area (Å²) in [5, 5.41) is 10.2. The first-order valence-electron chi connectivity index (χ1n) is 8.50. The molecule has 128 valence electrons. The molecule has 3 atom stereocenters. The number of β-amino-alcohol motifs (C(OH)–C–C–N with tert-alkyl or cyclic N) is 1. The number of aryl methyl sites for hydroxylation is 1. The fraction of sp³-hybridized carbons (Fsp3) is 0.474. The standard InChI is InChI=1S/C19H23NO4/c1-2-13-7-9-15(10-8-13)24-12-14(21)11-20-18(22)16-5-3-4-6-17(16)19(20)23/h3-4,7-10,14,16-17,21H,2,5-6,11-12H2,1H3. The highest BCUT2D eigenvalue weighted by Gasteiger charge is 2.47. The van der Waals surface area contributed by atoms with Crippen molar-refractivity contribution in [3.63, 3.8) is 0 Å². The lowest BCUT2D eigenvalue weighted by molar-refractivity contribution is -0.141. The average molecular weight is 329 g/mol. The van der Waals surface area contributed by atoms with Crippen molar-refractivity contribution in [2.75, 3.05) is 13.2 Å². The molecule has 1 N–H and O–H groups in total. The second kappa shape index (κ2) is 7.18. The molecule has 1 aliphatic heterocycles. The SMILES string of the molecule is CCc1ccc(OCC(O)CN2C(=O)C3CC=CCC3C2=O)cc1.